The van der Waals surface area contributed by atoms with Crippen LogP contribution in [0.5, 0.6) is 0 Å². The van der Waals surface area contributed by atoms with Crippen LogP contribution in [0.25, 0.3) is 114 Å². The molecule has 0 radical (unpaired) electrons. The zero-order valence-electron chi connectivity index (χ0n) is 31.6. The molecule has 1 aliphatic rings. The maximum absolute atomic E-state index is 5.55. The van der Waals surface area contributed by atoms with E-state index in [-0.39, 0.29) is 0 Å². The van der Waals surface area contributed by atoms with Crippen LogP contribution in [-0.2, 0) is 0 Å². The zero-order chi connectivity index (χ0) is 38.1. The Hall–Kier alpha value is -7.08. The molecule has 5 heteroatoms. The van der Waals surface area contributed by atoms with Crippen molar-refractivity contribution in [2.45, 2.75) is 19.3 Å². The predicted octanol–water partition coefficient (Wildman–Crippen LogP) is 14.5. The number of allylic oxidation sites excluding steroid dienone is 1. The molecule has 4 aromatic heterocycles. The Morgan fingerprint density at radius 1 is 0.552 bits per heavy atom. The van der Waals surface area contributed by atoms with E-state index in [0.717, 1.165) is 51.3 Å². The molecule has 1 unspecified atom stereocenters. The molecular formula is C53H34N4S. The van der Waals surface area contributed by atoms with Crippen molar-refractivity contribution in [3.05, 3.63) is 175 Å². The number of benzene rings is 8. The Morgan fingerprint density at radius 2 is 1.26 bits per heavy atom. The number of thiophene rings is 1. The summed E-state index contributed by atoms with van der Waals surface area (Å²) in [6.07, 6.45) is 5.74. The minimum absolute atomic E-state index is 0.425. The molecule has 0 bridgehead atoms. The molecule has 13 rings (SSSR count). The normalized spacial score (nSPS) is 14.3. The maximum Gasteiger partial charge on any atom is 0.165 e. The fourth-order valence-electron chi connectivity index (χ4n) is 9.99. The molecule has 272 valence electrons. The first-order valence-electron chi connectivity index (χ1n) is 20.1. The van der Waals surface area contributed by atoms with Crippen LogP contribution in [0.4, 0.5) is 0 Å². The van der Waals surface area contributed by atoms with Crippen LogP contribution in [0.2, 0.25) is 0 Å². The molecule has 0 aliphatic heterocycles. The van der Waals surface area contributed by atoms with Gasteiger partial charge < -0.3 is 4.57 Å². The zero-order valence-corrected chi connectivity index (χ0v) is 32.5. The Kier molecular flexibility index (Phi) is 6.61. The molecule has 58 heavy (non-hydrogen) atoms. The van der Waals surface area contributed by atoms with Gasteiger partial charge in [0, 0.05) is 53.0 Å². The van der Waals surface area contributed by atoms with Gasteiger partial charge in [0.1, 0.15) is 5.69 Å². The van der Waals surface area contributed by atoms with E-state index in [1.165, 1.54) is 74.6 Å². The number of aromatic nitrogens is 4. The third-order valence-electron chi connectivity index (χ3n) is 12.5. The summed E-state index contributed by atoms with van der Waals surface area (Å²) in [6, 6.07) is 57.4. The van der Waals surface area contributed by atoms with Crippen LogP contribution >= 0.6 is 11.3 Å². The first-order chi connectivity index (χ1) is 28.7. The van der Waals surface area contributed by atoms with Crippen LogP contribution in [-0.4, -0.2) is 19.1 Å². The van der Waals surface area contributed by atoms with E-state index in [0.29, 0.717) is 5.92 Å². The summed E-state index contributed by atoms with van der Waals surface area (Å²) in [4.78, 5) is 11.0. The van der Waals surface area contributed by atoms with Crippen LogP contribution in [0, 0.1) is 0 Å². The minimum Gasteiger partial charge on any atom is -0.309 e. The van der Waals surface area contributed by atoms with Gasteiger partial charge in [0.15, 0.2) is 5.82 Å². The lowest BCUT2D eigenvalue weighted by molar-refractivity contribution is 0.773. The van der Waals surface area contributed by atoms with Gasteiger partial charge in [-0.05, 0) is 88.7 Å². The second kappa shape index (κ2) is 12.0. The molecule has 4 nitrogen and oxygen atoms in total. The van der Waals surface area contributed by atoms with Crippen molar-refractivity contribution in [1.29, 1.82) is 0 Å². The first-order valence-corrected chi connectivity index (χ1v) is 20.9. The Morgan fingerprint density at radius 3 is 2.14 bits per heavy atom. The standard InChI is InChI=1S/C53H34N4S/c1-31-12-10-21-44-48(31)39-27-24-33-14-3-5-16-36(33)52(39)56(44)34-26-29-43-40(30-34)49-35-15-4-2-13-32(35)25-28-45(49)57(43)53-51(54-41-19-7-8-20-42(41)55-53)38-18-11-23-47-50(38)37-17-6-9-22-46(37)58-47/h2-11,13-31H,12H2,1H3. The molecule has 0 N–H and O–H groups in total. The summed E-state index contributed by atoms with van der Waals surface area (Å²) in [5.74, 6) is 1.25. The van der Waals surface area contributed by atoms with Crippen molar-refractivity contribution in [3.63, 3.8) is 0 Å². The Bertz CT molecular complexity index is 3750. The van der Waals surface area contributed by atoms with Crippen molar-refractivity contribution in [3.8, 4) is 22.8 Å². The highest BCUT2D eigenvalue weighted by Gasteiger charge is 2.27. The lowest BCUT2D eigenvalue weighted by atomic mass is 9.90. The molecule has 8 aromatic carbocycles. The third-order valence-corrected chi connectivity index (χ3v) is 13.6. The number of hydrogen-bond acceptors (Lipinski definition) is 3. The van der Waals surface area contributed by atoms with Crippen LogP contribution < -0.4 is 0 Å². The van der Waals surface area contributed by atoms with Crippen LogP contribution in [0.3, 0.4) is 0 Å². The average Bonchev–Trinajstić information content (AvgIpc) is 3.94. The molecule has 0 saturated carbocycles. The average molecular weight is 759 g/mol. The van der Waals surface area contributed by atoms with E-state index in [2.05, 4.69) is 186 Å². The second-order valence-electron chi connectivity index (χ2n) is 15.7. The molecule has 1 aliphatic carbocycles. The lowest BCUT2D eigenvalue weighted by Gasteiger charge is -2.17. The van der Waals surface area contributed by atoms with Crippen molar-refractivity contribution < 1.29 is 0 Å². The van der Waals surface area contributed by atoms with E-state index in [4.69, 9.17) is 9.97 Å². The molecule has 0 fully saturated rings. The monoisotopic (exact) mass is 758 g/mol. The number of rotatable bonds is 3. The topological polar surface area (TPSA) is 35.6 Å². The largest absolute Gasteiger partial charge is 0.309 e. The highest BCUT2D eigenvalue weighted by molar-refractivity contribution is 7.25. The first kappa shape index (κ1) is 32.1. The van der Waals surface area contributed by atoms with Crippen LogP contribution in [0.15, 0.2) is 164 Å². The number of para-hydroxylation sites is 2. The van der Waals surface area contributed by atoms with Crippen molar-refractivity contribution >= 4 is 103 Å². The van der Waals surface area contributed by atoms with E-state index in [1.54, 1.807) is 0 Å². The number of fused-ring (bicyclic) bond motifs is 14. The van der Waals surface area contributed by atoms with Crippen LogP contribution in [0.1, 0.15) is 30.5 Å². The molecule has 4 heterocycles. The molecule has 0 amide bonds. The fourth-order valence-corrected chi connectivity index (χ4v) is 11.1. The molecule has 12 aromatic rings. The van der Waals surface area contributed by atoms with Crippen molar-refractivity contribution in [1.82, 2.24) is 19.1 Å². The quantitative estimate of drug-likeness (QED) is 0.180. The van der Waals surface area contributed by atoms with Crippen molar-refractivity contribution in [2.75, 3.05) is 0 Å². The Balaban J connectivity index is 1.17. The fraction of sp³-hybridized carbons (Fsp3) is 0.0566. The highest BCUT2D eigenvalue weighted by Crippen LogP contribution is 2.46. The highest BCUT2D eigenvalue weighted by atomic mass is 32.1. The molecule has 1 atom stereocenters. The van der Waals surface area contributed by atoms with Gasteiger partial charge in [-0.25, -0.2) is 9.97 Å². The number of hydrogen-bond donors (Lipinski definition) is 0. The molecular weight excluding hydrogens is 725 g/mol. The van der Waals surface area contributed by atoms with Gasteiger partial charge >= 0.3 is 0 Å². The van der Waals surface area contributed by atoms with Gasteiger partial charge in [0.05, 0.1) is 33.3 Å². The summed E-state index contributed by atoms with van der Waals surface area (Å²) in [6.45, 7) is 2.37. The summed E-state index contributed by atoms with van der Waals surface area (Å²) in [5.41, 5.74) is 11.1. The van der Waals surface area contributed by atoms with Gasteiger partial charge in [0.2, 0.25) is 0 Å². The summed E-state index contributed by atoms with van der Waals surface area (Å²) < 4.78 is 7.42. The lowest BCUT2D eigenvalue weighted by Crippen LogP contribution is -2.04. The maximum atomic E-state index is 5.55. The van der Waals surface area contributed by atoms with Gasteiger partial charge in [0.25, 0.3) is 0 Å². The molecule has 0 spiro atoms. The summed E-state index contributed by atoms with van der Waals surface area (Å²) in [5, 5.41) is 11.2. The predicted molar refractivity (Wildman–Crippen MR) is 246 cm³/mol. The molecule has 0 saturated heterocycles. The van der Waals surface area contributed by atoms with Gasteiger partial charge in [-0.1, -0.05) is 122 Å². The van der Waals surface area contributed by atoms with Gasteiger partial charge in [-0.2, -0.15) is 0 Å². The summed E-state index contributed by atoms with van der Waals surface area (Å²) in [7, 11) is 0. The summed E-state index contributed by atoms with van der Waals surface area (Å²) >= 11 is 1.83. The third kappa shape index (κ3) is 4.39. The van der Waals surface area contributed by atoms with E-state index < -0.39 is 0 Å². The number of nitrogens with zero attached hydrogens (tertiary/aromatic N) is 4. The van der Waals surface area contributed by atoms with E-state index >= 15 is 0 Å². The van der Waals surface area contributed by atoms with Gasteiger partial charge in [-0.15, -0.1) is 11.3 Å². The minimum atomic E-state index is 0.425. The van der Waals surface area contributed by atoms with E-state index in [1.807, 2.05) is 11.3 Å². The van der Waals surface area contributed by atoms with Crippen molar-refractivity contribution in [2.24, 2.45) is 0 Å². The smallest absolute Gasteiger partial charge is 0.165 e. The van der Waals surface area contributed by atoms with Gasteiger partial charge in [-0.3, -0.25) is 4.57 Å². The second-order valence-corrected chi connectivity index (χ2v) is 16.8. The SMILES string of the molecule is CC1CC=Cc2c1c1ccc3ccccc3c1n2-c1ccc2c(c1)c1c3ccccc3ccc1n2-c1nc2ccccc2nc1-c1cccc2sc3ccccc3c12. The van der Waals surface area contributed by atoms with E-state index in [9.17, 15) is 0 Å². The Labute approximate surface area is 337 Å².